The summed E-state index contributed by atoms with van der Waals surface area (Å²) in [6.45, 7) is 0. The van der Waals surface area contributed by atoms with E-state index in [1.165, 1.54) is 0 Å². The van der Waals surface area contributed by atoms with E-state index >= 15 is 0 Å². The third kappa shape index (κ3) is 1.21. The summed E-state index contributed by atoms with van der Waals surface area (Å²) in [6.07, 6.45) is 0. The first-order chi connectivity index (χ1) is 5.90. The Morgan fingerprint density at radius 2 is 1.67 bits per heavy atom. The largest absolute Gasteiger partial charge is 0.610 e. The van der Waals surface area contributed by atoms with Crippen LogP contribution in [0, 0.1) is 0 Å². The van der Waals surface area contributed by atoms with Gasteiger partial charge in [0.05, 0.1) is 0 Å². The van der Waals surface area contributed by atoms with Crippen molar-refractivity contribution in [1.29, 1.82) is 0 Å². The lowest BCUT2D eigenvalue weighted by Crippen LogP contribution is -2.01. The molecule has 0 unspecified atom stereocenters. The molecule has 1 aromatic carbocycles. The van der Waals surface area contributed by atoms with Crippen LogP contribution in [-0.4, -0.2) is 17.1 Å². The highest BCUT2D eigenvalue weighted by atomic mass is 28.3. The quantitative estimate of drug-likeness (QED) is 0.429. The highest BCUT2D eigenvalue weighted by molar-refractivity contribution is 6.22. The van der Waals surface area contributed by atoms with Crippen LogP contribution in [0.2, 0.25) is 0 Å². The van der Waals surface area contributed by atoms with E-state index in [2.05, 4.69) is 0 Å². The summed E-state index contributed by atoms with van der Waals surface area (Å²) in [5.74, 6) is 1.55. The van der Waals surface area contributed by atoms with Crippen LogP contribution >= 0.6 is 0 Å². The minimum absolute atomic E-state index is 0.0860. The third-order valence-electron chi connectivity index (χ3n) is 1.58. The predicted molar refractivity (Wildman–Crippen MR) is 45.6 cm³/mol. The topological polar surface area (TPSA) is 29.8 Å². The minimum atomic E-state index is 0.0860. The van der Waals surface area contributed by atoms with Gasteiger partial charge in [-0.25, -0.2) is 0 Å². The summed E-state index contributed by atoms with van der Waals surface area (Å²) in [5, 5.41) is 0. The first kappa shape index (κ1) is 7.36. The zero-order valence-corrected chi connectivity index (χ0v) is 7.53. The van der Waals surface area contributed by atoms with Crippen LogP contribution in [-0.2, 0) is 0 Å². The molecule has 2 rings (SSSR count). The zero-order valence-electron chi connectivity index (χ0n) is 6.53. The van der Waals surface area contributed by atoms with Crippen molar-refractivity contribution in [3.63, 3.8) is 0 Å². The first-order valence-corrected chi connectivity index (χ1v) is 4.32. The summed E-state index contributed by atoms with van der Waals surface area (Å²) >= 11 is 0. The van der Waals surface area contributed by atoms with Crippen molar-refractivity contribution in [1.82, 2.24) is 0 Å². The molecule has 0 fully saturated rings. The Hall–Kier alpha value is -1.29. The van der Waals surface area contributed by atoms with Gasteiger partial charge in [0.1, 0.15) is 11.5 Å². The molecule has 0 atom stereocenters. The summed E-state index contributed by atoms with van der Waals surface area (Å²) in [4.78, 5) is 0. The van der Waals surface area contributed by atoms with Gasteiger partial charge >= 0.3 is 15.4 Å². The molecule has 3 nitrogen and oxygen atoms in total. The summed E-state index contributed by atoms with van der Waals surface area (Å²) < 4.78 is 15.5. The van der Waals surface area contributed by atoms with Crippen molar-refractivity contribution in [2.45, 2.75) is 0 Å². The predicted octanol–water partition coefficient (Wildman–Crippen LogP) is 0.518. The van der Waals surface area contributed by atoms with Crippen LogP contribution in [0.4, 0.5) is 0 Å². The summed E-state index contributed by atoms with van der Waals surface area (Å²) in [6, 6.07) is 7.37. The molecule has 2 radical (unpaired) electrons. The van der Waals surface area contributed by atoms with E-state index in [9.17, 15) is 0 Å². The third-order valence-corrected chi connectivity index (χ3v) is 2.19. The van der Waals surface area contributed by atoms with Crippen molar-refractivity contribution in [2.75, 3.05) is 7.11 Å². The van der Waals surface area contributed by atoms with Crippen LogP contribution in [0.3, 0.4) is 0 Å². The van der Waals surface area contributed by atoms with Gasteiger partial charge in [-0.1, -0.05) is 0 Å². The van der Waals surface area contributed by atoms with Gasteiger partial charge in [-0.2, -0.15) is 0 Å². The molecule has 0 saturated heterocycles. The summed E-state index contributed by atoms with van der Waals surface area (Å²) in [7, 11) is 1.71. The van der Waals surface area contributed by atoms with Gasteiger partial charge in [0.2, 0.25) is 0 Å². The smallest absolute Gasteiger partial charge is 0.505 e. The standard InChI is InChI=1S/C8H7O3Si/c1-9-6-2-4-7-8(5-3-6)11-12-10-7/h2-5H,1H3/q+1. The summed E-state index contributed by atoms with van der Waals surface area (Å²) in [5.41, 5.74) is 0.792. The molecule has 4 heteroatoms. The minimum Gasteiger partial charge on any atom is -0.505 e. The molecule has 12 heavy (non-hydrogen) atoms. The molecule has 0 bridgehead atoms. The van der Waals surface area contributed by atoms with Crippen molar-refractivity contribution < 1.29 is 8.85 Å². The van der Waals surface area contributed by atoms with E-state index in [1.807, 2.05) is 24.3 Å². The van der Waals surface area contributed by atoms with E-state index in [0.29, 0.717) is 0 Å². The van der Waals surface area contributed by atoms with Gasteiger partial charge in [-0.05, 0) is 12.1 Å². The maximum atomic E-state index is 5.21. The van der Waals surface area contributed by atoms with E-state index in [0.717, 1.165) is 16.9 Å². The molecule has 1 aliphatic rings. The molecule has 60 valence electrons. The fraction of sp³-hybridized carbons (Fsp3) is 0.125. The first-order valence-electron chi connectivity index (χ1n) is 3.50. The molecule has 1 aromatic rings. The molecule has 0 aromatic heterocycles. The van der Waals surface area contributed by atoms with E-state index in [-0.39, 0.29) is 10.0 Å². The molecular weight excluding hydrogens is 172 g/mol. The van der Waals surface area contributed by atoms with Crippen LogP contribution in [0.15, 0.2) is 28.7 Å². The number of hydrogen-bond acceptors (Lipinski definition) is 2. The maximum Gasteiger partial charge on any atom is 0.610 e. The molecule has 0 N–H and O–H groups in total. The van der Waals surface area contributed by atoms with Crippen LogP contribution < -0.4 is 14.3 Å². The van der Waals surface area contributed by atoms with Gasteiger partial charge in [0.25, 0.3) is 7.11 Å². The van der Waals surface area contributed by atoms with Gasteiger partial charge in [-0.15, -0.1) is 0 Å². The molecular formula is C8H7O3Si+. The fourth-order valence-electron chi connectivity index (χ4n) is 0.951. The van der Waals surface area contributed by atoms with E-state index in [1.54, 1.807) is 7.11 Å². The van der Waals surface area contributed by atoms with Crippen molar-refractivity contribution in [2.24, 2.45) is 0 Å². The van der Waals surface area contributed by atoms with Gasteiger partial charge in [-0.3, -0.25) is 4.42 Å². The van der Waals surface area contributed by atoms with Crippen molar-refractivity contribution in [3.05, 3.63) is 34.1 Å². The second-order valence-corrected chi connectivity index (χ2v) is 2.86. The highest BCUT2D eigenvalue weighted by Gasteiger charge is 2.14. The van der Waals surface area contributed by atoms with Gasteiger partial charge in [0, 0.05) is 12.1 Å². The monoisotopic (exact) mass is 179 g/mol. The molecule has 0 aliphatic carbocycles. The second kappa shape index (κ2) is 2.98. The average Bonchev–Trinajstić information content (AvgIpc) is 2.46. The van der Waals surface area contributed by atoms with Gasteiger partial charge < -0.3 is 8.85 Å². The molecule has 1 heterocycles. The maximum absolute atomic E-state index is 5.21. The molecule has 0 saturated carbocycles. The number of fused-ring (bicyclic) bond motifs is 1. The average molecular weight is 179 g/mol. The Balaban J connectivity index is 2.61. The lowest BCUT2D eigenvalue weighted by atomic mass is 10.4. The fourth-order valence-corrected chi connectivity index (χ4v) is 1.51. The number of rotatable bonds is 0. The molecule has 1 aliphatic heterocycles. The van der Waals surface area contributed by atoms with E-state index < -0.39 is 0 Å². The highest BCUT2D eigenvalue weighted by Crippen LogP contribution is 2.27. The Morgan fingerprint density at radius 3 is 2.17 bits per heavy atom. The molecule has 0 amide bonds. The van der Waals surface area contributed by atoms with Crippen LogP contribution in [0.1, 0.15) is 0 Å². The number of hydrogen-bond donors (Lipinski definition) is 0. The zero-order chi connectivity index (χ0) is 8.39. The Kier molecular flexibility index (Phi) is 1.83. The van der Waals surface area contributed by atoms with E-state index in [4.69, 9.17) is 13.3 Å². The van der Waals surface area contributed by atoms with Crippen LogP contribution in [0.5, 0.6) is 11.5 Å². The Labute approximate surface area is 72.3 Å². The van der Waals surface area contributed by atoms with Crippen molar-refractivity contribution >= 4 is 10.0 Å². The lowest BCUT2D eigenvalue weighted by molar-refractivity contribution is 0.540. The van der Waals surface area contributed by atoms with Crippen LogP contribution in [0.25, 0.3) is 0 Å². The lowest BCUT2D eigenvalue weighted by Gasteiger charge is -1.85. The Morgan fingerprint density at radius 1 is 1.08 bits per heavy atom. The normalized spacial score (nSPS) is 12.8. The Bertz CT molecular complexity index is 332. The SMILES string of the molecule is C[O+]=c1ccc2c(cc1)O[Si]O2. The van der Waals surface area contributed by atoms with Crippen molar-refractivity contribution in [3.8, 4) is 11.5 Å². The van der Waals surface area contributed by atoms with Gasteiger partial charge in [0.15, 0.2) is 0 Å². The molecule has 0 spiro atoms. The second-order valence-electron chi connectivity index (χ2n) is 2.29.